The van der Waals surface area contributed by atoms with Gasteiger partial charge in [-0.25, -0.2) is 9.36 Å². The van der Waals surface area contributed by atoms with E-state index in [4.69, 9.17) is 0 Å². The molecule has 9 heteroatoms. The summed E-state index contributed by atoms with van der Waals surface area (Å²) in [7, 11) is -2.24. The Morgan fingerprint density at radius 2 is 1.96 bits per heavy atom. The molecule has 23 heavy (non-hydrogen) atoms. The molecule has 2 heterocycles. The van der Waals surface area contributed by atoms with Crippen LogP contribution in [-0.2, 0) is 17.1 Å². The molecule has 0 fully saturated rings. The van der Waals surface area contributed by atoms with Crippen molar-refractivity contribution in [2.45, 2.75) is 18.9 Å². The molecule has 0 spiro atoms. The molecule has 1 aromatic carbocycles. The van der Waals surface area contributed by atoms with Crippen LogP contribution in [-0.4, -0.2) is 33.2 Å². The van der Waals surface area contributed by atoms with Crippen molar-refractivity contribution >= 4 is 15.7 Å². The predicted octanol–water partition coefficient (Wildman–Crippen LogP) is 1.42. The highest BCUT2D eigenvalue weighted by atomic mass is 32.2. The Balaban J connectivity index is 1.90. The van der Waals surface area contributed by atoms with Gasteiger partial charge in [-0.1, -0.05) is 22.9 Å². The van der Waals surface area contributed by atoms with Gasteiger partial charge in [-0.15, -0.1) is 5.10 Å². The van der Waals surface area contributed by atoms with E-state index in [2.05, 4.69) is 20.1 Å². The Morgan fingerprint density at radius 3 is 2.61 bits per heavy atom. The summed E-state index contributed by atoms with van der Waals surface area (Å²) in [6.45, 7) is 4.00. The summed E-state index contributed by atoms with van der Waals surface area (Å²) >= 11 is 0. The maximum atomic E-state index is 12.3. The average Bonchev–Trinajstić information content (AvgIpc) is 3.08. The van der Waals surface area contributed by atoms with Crippen molar-refractivity contribution < 1.29 is 8.42 Å². The van der Waals surface area contributed by atoms with Crippen molar-refractivity contribution in [1.29, 1.82) is 0 Å². The molecule has 3 aromatic rings. The van der Waals surface area contributed by atoms with Gasteiger partial charge in [0, 0.05) is 7.05 Å². The summed E-state index contributed by atoms with van der Waals surface area (Å²) < 4.78 is 29.9. The minimum absolute atomic E-state index is 0.0169. The molecule has 0 radical (unpaired) electrons. The Hall–Kier alpha value is -2.68. The lowest BCUT2D eigenvalue weighted by molar-refractivity contribution is 0.579. The first-order valence-electron chi connectivity index (χ1n) is 6.86. The predicted molar refractivity (Wildman–Crippen MR) is 84.8 cm³/mol. The number of hydrogen-bond acceptors (Lipinski definition) is 5. The number of nitrogens with one attached hydrogen (secondary N) is 1. The molecule has 0 unspecified atom stereocenters. The third-order valence-electron chi connectivity index (χ3n) is 3.38. The van der Waals surface area contributed by atoms with Gasteiger partial charge in [0.05, 0.1) is 30.0 Å². The second kappa shape index (κ2) is 5.51. The van der Waals surface area contributed by atoms with E-state index in [0.717, 1.165) is 16.8 Å². The number of aryl methyl sites for hydroxylation is 3. The fourth-order valence-electron chi connectivity index (χ4n) is 2.30. The van der Waals surface area contributed by atoms with E-state index in [1.54, 1.807) is 10.9 Å². The van der Waals surface area contributed by atoms with Crippen LogP contribution in [0.3, 0.4) is 0 Å². The van der Waals surface area contributed by atoms with Gasteiger partial charge in [-0.3, -0.25) is 4.72 Å². The monoisotopic (exact) mass is 332 g/mol. The lowest BCUT2D eigenvalue weighted by Crippen LogP contribution is -2.16. The van der Waals surface area contributed by atoms with Crippen molar-refractivity contribution in [2.75, 3.05) is 4.72 Å². The minimum Gasteiger partial charge on any atom is -0.275 e. The summed E-state index contributed by atoms with van der Waals surface area (Å²) in [5.41, 5.74) is 3.47. The molecule has 1 N–H and O–H groups in total. The van der Waals surface area contributed by atoms with E-state index in [-0.39, 0.29) is 5.03 Å². The van der Waals surface area contributed by atoms with Crippen molar-refractivity contribution in [3.8, 4) is 5.69 Å². The lowest BCUT2D eigenvalue weighted by atomic mass is 10.1. The third kappa shape index (κ3) is 2.95. The average molecular weight is 332 g/mol. The topological polar surface area (TPSA) is 94.7 Å². The first kappa shape index (κ1) is 15.2. The number of nitrogens with zero attached hydrogens (tertiary/aromatic N) is 5. The SMILES string of the molecule is Cc1ccc(-n2cc(NS(=O)(=O)c3cnnn3C)cn2)c(C)c1. The molecule has 0 bridgehead atoms. The highest BCUT2D eigenvalue weighted by Gasteiger charge is 2.20. The standard InChI is InChI=1S/C14H16N6O2S/c1-10-4-5-13(11(2)6-10)20-9-12(7-16-20)17-23(21,22)14-8-15-18-19(14)3/h4-9,17H,1-3H3. The van der Waals surface area contributed by atoms with Crippen LogP contribution < -0.4 is 4.72 Å². The Morgan fingerprint density at radius 1 is 1.17 bits per heavy atom. The summed E-state index contributed by atoms with van der Waals surface area (Å²) in [5.74, 6) is 0. The molecule has 0 aliphatic heterocycles. The summed E-state index contributed by atoms with van der Waals surface area (Å²) in [6.07, 6.45) is 4.27. The molecule has 0 aliphatic rings. The van der Waals surface area contributed by atoms with Crippen LogP contribution in [0, 0.1) is 13.8 Å². The van der Waals surface area contributed by atoms with E-state index in [1.807, 2.05) is 32.0 Å². The van der Waals surface area contributed by atoms with Gasteiger partial charge in [0.1, 0.15) is 0 Å². The van der Waals surface area contributed by atoms with Gasteiger partial charge in [0.2, 0.25) is 0 Å². The van der Waals surface area contributed by atoms with Gasteiger partial charge in [-0.05, 0) is 25.5 Å². The zero-order valence-corrected chi connectivity index (χ0v) is 13.7. The van der Waals surface area contributed by atoms with Crippen LogP contribution in [0.25, 0.3) is 5.69 Å². The number of benzene rings is 1. The van der Waals surface area contributed by atoms with Gasteiger partial charge in [0.15, 0.2) is 5.03 Å². The fourth-order valence-corrected chi connectivity index (χ4v) is 3.39. The molecule has 0 saturated carbocycles. The highest BCUT2D eigenvalue weighted by Crippen LogP contribution is 2.19. The Kier molecular flexibility index (Phi) is 3.64. The summed E-state index contributed by atoms with van der Waals surface area (Å²) in [6, 6.07) is 5.97. The van der Waals surface area contributed by atoms with Crippen LogP contribution in [0.2, 0.25) is 0 Å². The number of anilines is 1. The van der Waals surface area contributed by atoms with Gasteiger partial charge < -0.3 is 0 Å². The van der Waals surface area contributed by atoms with Crippen molar-refractivity contribution in [3.05, 3.63) is 47.9 Å². The maximum absolute atomic E-state index is 12.3. The normalized spacial score (nSPS) is 11.6. The molecule has 120 valence electrons. The van der Waals surface area contributed by atoms with Gasteiger partial charge in [0.25, 0.3) is 10.0 Å². The third-order valence-corrected chi connectivity index (χ3v) is 4.81. The minimum atomic E-state index is -3.75. The van der Waals surface area contributed by atoms with Gasteiger partial charge >= 0.3 is 0 Å². The molecule has 8 nitrogen and oxygen atoms in total. The second-order valence-electron chi connectivity index (χ2n) is 5.26. The number of aromatic nitrogens is 5. The largest absolute Gasteiger partial charge is 0.280 e. The van der Waals surface area contributed by atoms with Crippen LogP contribution in [0.4, 0.5) is 5.69 Å². The molecular weight excluding hydrogens is 316 g/mol. The number of sulfonamides is 1. The lowest BCUT2D eigenvalue weighted by Gasteiger charge is -2.07. The second-order valence-corrected chi connectivity index (χ2v) is 6.89. The first-order chi connectivity index (χ1) is 10.9. The van der Waals surface area contributed by atoms with E-state index in [0.29, 0.717) is 5.69 Å². The zero-order valence-electron chi connectivity index (χ0n) is 12.9. The quantitative estimate of drug-likeness (QED) is 0.779. The van der Waals surface area contributed by atoms with Crippen molar-refractivity contribution in [2.24, 2.45) is 7.05 Å². The van der Waals surface area contributed by atoms with E-state index in [9.17, 15) is 8.42 Å². The molecule has 0 amide bonds. The molecule has 0 saturated heterocycles. The number of rotatable bonds is 4. The van der Waals surface area contributed by atoms with Crippen LogP contribution in [0.15, 0.2) is 41.8 Å². The number of hydrogen-bond donors (Lipinski definition) is 1. The Bertz CT molecular complexity index is 957. The van der Waals surface area contributed by atoms with E-state index >= 15 is 0 Å². The first-order valence-corrected chi connectivity index (χ1v) is 8.35. The molecule has 0 atom stereocenters. The molecular formula is C14H16N6O2S. The van der Waals surface area contributed by atoms with Crippen molar-refractivity contribution in [3.63, 3.8) is 0 Å². The van der Waals surface area contributed by atoms with E-state index in [1.165, 1.54) is 24.1 Å². The highest BCUT2D eigenvalue weighted by molar-refractivity contribution is 7.92. The molecule has 0 aliphatic carbocycles. The van der Waals surface area contributed by atoms with Crippen LogP contribution >= 0.6 is 0 Å². The zero-order chi connectivity index (χ0) is 16.6. The van der Waals surface area contributed by atoms with Gasteiger partial charge in [-0.2, -0.15) is 13.5 Å². The summed E-state index contributed by atoms with van der Waals surface area (Å²) in [4.78, 5) is 0. The fraction of sp³-hybridized carbons (Fsp3) is 0.214. The van der Waals surface area contributed by atoms with Crippen molar-refractivity contribution in [1.82, 2.24) is 24.8 Å². The van der Waals surface area contributed by atoms with Crippen LogP contribution in [0.5, 0.6) is 0 Å². The van der Waals surface area contributed by atoms with Crippen LogP contribution in [0.1, 0.15) is 11.1 Å². The smallest absolute Gasteiger partial charge is 0.275 e. The molecule has 2 aromatic heterocycles. The Labute approximate surface area is 133 Å². The van der Waals surface area contributed by atoms with E-state index < -0.39 is 10.0 Å². The summed E-state index contributed by atoms with van der Waals surface area (Å²) in [5, 5.41) is 11.4. The molecule has 3 rings (SSSR count). The maximum Gasteiger partial charge on any atom is 0.280 e.